The molecule has 0 saturated carbocycles. The van der Waals surface area contributed by atoms with Gasteiger partial charge in [-0.2, -0.15) is 0 Å². The van der Waals surface area contributed by atoms with Crippen molar-refractivity contribution in [3.8, 4) is 11.1 Å². The minimum absolute atomic E-state index is 0.361. The summed E-state index contributed by atoms with van der Waals surface area (Å²) in [5.74, 6) is 0.438. The van der Waals surface area contributed by atoms with Crippen LogP contribution in [0.25, 0.3) is 21.9 Å². The Balaban J connectivity index is 1.78. The number of hydrogen-bond donors (Lipinski definition) is 1. The molecule has 0 unspecified atom stereocenters. The SMILES string of the molecule is CC(C)(C)OC(=O)N1CCc2c(-c3cc(Cl)c4cnc(N)cc4c3)cncc21. The molecule has 2 N–H and O–H groups in total. The Morgan fingerprint density at radius 3 is 2.75 bits per heavy atom. The van der Waals surface area contributed by atoms with Crippen LogP contribution in [0.4, 0.5) is 16.3 Å². The number of hydrogen-bond acceptors (Lipinski definition) is 5. The minimum atomic E-state index is -0.551. The molecule has 6 nitrogen and oxygen atoms in total. The lowest BCUT2D eigenvalue weighted by molar-refractivity contribution is 0.0584. The first-order valence-electron chi connectivity index (χ1n) is 9.05. The number of halogens is 1. The number of ether oxygens (including phenoxy) is 1. The number of rotatable bonds is 1. The number of pyridine rings is 2. The van der Waals surface area contributed by atoms with Gasteiger partial charge in [-0.3, -0.25) is 9.88 Å². The van der Waals surface area contributed by atoms with Crippen LogP contribution in [0, 0.1) is 0 Å². The smallest absolute Gasteiger partial charge is 0.414 e. The zero-order valence-corrected chi connectivity index (χ0v) is 16.7. The van der Waals surface area contributed by atoms with Crippen molar-refractivity contribution in [2.24, 2.45) is 0 Å². The topological polar surface area (TPSA) is 81.3 Å². The molecule has 0 saturated heterocycles. The standard InChI is InChI=1S/C21H21ClN4O2/c1-21(2,3)28-20(27)26-5-4-14-15(9-24-11-18(14)26)12-6-13-8-19(23)25-10-16(13)17(22)7-12/h6-11H,4-5H2,1-3H3,(H2,23,25). The van der Waals surface area contributed by atoms with E-state index in [2.05, 4.69) is 9.97 Å². The van der Waals surface area contributed by atoms with Crippen LogP contribution < -0.4 is 10.6 Å². The number of nitrogens with two attached hydrogens (primary N) is 1. The number of nitrogen functional groups attached to an aromatic ring is 1. The number of fused-ring (bicyclic) bond motifs is 2. The number of benzene rings is 1. The highest BCUT2D eigenvalue weighted by molar-refractivity contribution is 6.36. The molecule has 144 valence electrons. The summed E-state index contributed by atoms with van der Waals surface area (Å²) in [5.41, 5.74) is 8.98. The molecule has 4 rings (SSSR count). The molecule has 1 amide bonds. The molecule has 3 heterocycles. The number of nitrogens with zero attached hydrogens (tertiary/aromatic N) is 3. The maximum atomic E-state index is 12.6. The van der Waals surface area contributed by atoms with Crippen molar-refractivity contribution in [3.05, 3.63) is 47.4 Å². The quantitative estimate of drug-likeness (QED) is 0.637. The van der Waals surface area contributed by atoms with Crippen molar-refractivity contribution >= 4 is 40.0 Å². The van der Waals surface area contributed by atoms with Crippen LogP contribution >= 0.6 is 11.6 Å². The Morgan fingerprint density at radius 2 is 2.00 bits per heavy atom. The van der Waals surface area contributed by atoms with E-state index < -0.39 is 5.60 Å². The second kappa shape index (κ2) is 6.63. The van der Waals surface area contributed by atoms with E-state index in [-0.39, 0.29) is 6.09 Å². The van der Waals surface area contributed by atoms with E-state index >= 15 is 0 Å². The van der Waals surface area contributed by atoms with Gasteiger partial charge < -0.3 is 10.5 Å². The zero-order chi connectivity index (χ0) is 20.1. The Bertz CT molecular complexity index is 1090. The highest BCUT2D eigenvalue weighted by atomic mass is 35.5. The summed E-state index contributed by atoms with van der Waals surface area (Å²) in [6.07, 6.45) is 5.55. The average Bonchev–Trinajstić information content (AvgIpc) is 3.04. The van der Waals surface area contributed by atoms with Crippen LogP contribution in [-0.4, -0.2) is 28.2 Å². The van der Waals surface area contributed by atoms with Crippen LogP contribution in [0.15, 0.2) is 36.8 Å². The van der Waals surface area contributed by atoms with Crippen molar-refractivity contribution in [2.75, 3.05) is 17.2 Å². The molecule has 0 spiro atoms. The third-order valence-corrected chi connectivity index (χ3v) is 4.96. The molecule has 2 aromatic heterocycles. The molecule has 28 heavy (non-hydrogen) atoms. The number of carbonyl (C=O) groups is 1. The first kappa shape index (κ1) is 18.5. The van der Waals surface area contributed by atoms with Crippen molar-refractivity contribution in [1.82, 2.24) is 9.97 Å². The van der Waals surface area contributed by atoms with Gasteiger partial charge >= 0.3 is 6.09 Å². The lowest BCUT2D eigenvalue weighted by atomic mass is 9.98. The highest BCUT2D eigenvalue weighted by Gasteiger charge is 2.31. The molecule has 1 aliphatic rings. The third-order valence-electron chi connectivity index (χ3n) is 4.64. The average molecular weight is 397 g/mol. The number of aromatic nitrogens is 2. The summed E-state index contributed by atoms with van der Waals surface area (Å²) in [5, 5.41) is 2.35. The zero-order valence-electron chi connectivity index (χ0n) is 16.0. The number of amides is 1. The molecule has 0 fully saturated rings. The first-order chi connectivity index (χ1) is 13.2. The normalized spacial score (nSPS) is 13.6. The van der Waals surface area contributed by atoms with Gasteiger partial charge in [0.05, 0.1) is 16.9 Å². The van der Waals surface area contributed by atoms with Gasteiger partial charge in [-0.1, -0.05) is 11.6 Å². The van der Waals surface area contributed by atoms with Crippen molar-refractivity contribution in [1.29, 1.82) is 0 Å². The Labute approximate surface area is 168 Å². The molecule has 0 aliphatic carbocycles. The van der Waals surface area contributed by atoms with Crippen molar-refractivity contribution < 1.29 is 9.53 Å². The Kier molecular flexibility index (Phi) is 4.38. The van der Waals surface area contributed by atoms with Gasteiger partial charge in [0.25, 0.3) is 0 Å². The van der Waals surface area contributed by atoms with Gasteiger partial charge in [-0.05, 0) is 61.9 Å². The second-order valence-corrected chi connectivity index (χ2v) is 8.26. The van der Waals surface area contributed by atoms with E-state index in [9.17, 15) is 4.79 Å². The molecular weight excluding hydrogens is 376 g/mol. The number of carbonyl (C=O) groups excluding carboxylic acids is 1. The summed E-state index contributed by atoms with van der Waals surface area (Å²) in [7, 11) is 0. The van der Waals surface area contributed by atoms with E-state index in [0.717, 1.165) is 39.6 Å². The highest BCUT2D eigenvalue weighted by Crippen LogP contribution is 2.38. The molecule has 0 atom stereocenters. The summed E-state index contributed by atoms with van der Waals surface area (Å²) in [6, 6.07) is 5.72. The maximum Gasteiger partial charge on any atom is 0.414 e. The number of anilines is 2. The van der Waals surface area contributed by atoms with Gasteiger partial charge in [-0.15, -0.1) is 0 Å². The molecule has 3 aromatic rings. The minimum Gasteiger partial charge on any atom is -0.443 e. The monoisotopic (exact) mass is 396 g/mol. The predicted octanol–water partition coefficient (Wildman–Crippen LogP) is 4.83. The van der Waals surface area contributed by atoms with E-state index in [1.54, 1.807) is 29.6 Å². The Morgan fingerprint density at radius 1 is 1.21 bits per heavy atom. The molecule has 0 radical (unpaired) electrons. The Hall–Kier alpha value is -2.86. The van der Waals surface area contributed by atoms with E-state index in [1.165, 1.54) is 0 Å². The van der Waals surface area contributed by atoms with E-state index in [4.69, 9.17) is 22.1 Å². The molecule has 1 aromatic carbocycles. The fourth-order valence-corrected chi connectivity index (χ4v) is 3.73. The van der Waals surface area contributed by atoms with Crippen LogP contribution in [0.1, 0.15) is 26.3 Å². The van der Waals surface area contributed by atoms with Crippen molar-refractivity contribution in [3.63, 3.8) is 0 Å². The van der Waals surface area contributed by atoms with E-state index in [1.807, 2.05) is 32.9 Å². The molecule has 1 aliphatic heterocycles. The van der Waals surface area contributed by atoms with Crippen LogP contribution in [0.2, 0.25) is 5.02 Å². The lowest BCUT2D eigenvalue weighted by Crippen LogP contribution is -2.35. The van der Waals surface area contributed by atoms with Crippen LogP contribution in [-0.2, 0) is 11.2 Å². The molecule has 7 heteroatoms. The third kappa shape index (κ3) is 3.36. The second-order valence-electron chi connectivity index (χ2n) is 7.86. The summed E-state index contributed by atoms with van der Waals surface area (Å²) < 4.78 is 5.53. The van der Waals surface area contributed by atoms with Gasteiger partial charge in [0, 0.05) is 29.9 Å². The lowest BCUT2D eigenvalue weighted by Gasteiger charge is -2.24. The van der Waals surface area contributed by atoms with Crippen molar-refractivity contribution in [2.45, 2.75) is 32.8 Å². The maximum absolute atomic E-state index is 12.6. The summed E-state index contributed by atoms with van der Waals surface area (Å²) in [6.45, 7) is 6.12. The fraction of sp³-hybridized carbons (Fsp3) is 0.286. The van der Waals surface area contributed by atoms with Gasteiger partial charge in [0.2, 0.25) is 0 Å². The van der Waals surface area contributed by atoms with Crippen LogP contribution in [0.3, 0.4) is 0 Å². The first-order valence-corrected chi connectivity index (χ1v) is 9.43. The summed E-state index contributed by atoms with van der Waals surface area (Å²) >= 11 is 6.48. The fourth-order valence-electron chi connectivity index (χ4n) is 3.46. The largest absolute Gasteiger partial charge is 0.443 e. The van der Waals surface area contributed by atoms with Gasteiger partial charge in [0.15, 0.2) is 0 Å². The molecular formula is C21H21ClN4O2. The van der Waals surface area contributed by atoms with E-state index in [0.29, 0.717) is 17.4 Å². The van der Waals surface area contributed by atoms with Gasteiger partial charge in [0.1, 0.15) is 11.4 Å². The molecule has 0 bridgehead atoms. The van der Waals surface area contributed by atoms with Crippen LogP contribution in [0.5, 0.6) is 0 Å². The van der Waals surface area contributed by atoms with Gasteiger partial charge in [-0.25, -0.2) is 9.78 Å². The summed E-state index contributed by atoms with van der Waals surface area (Å²) in [4.78, 5) is 22.7. The predicted molar refractivity (Wildman–Crippen MR) is 112 cm³/mol.